The molecule has 2 aromatic rings. The Morgan fingerprint density at radius 1 is 1.16 bits per heavy atom. The number of hydrogen-bond acceptors (Lipinski definition) is 4. The minimum absolute atomic E-state index is 0.116. The van der Waals surface area contributed by atoms with Gasteiger partial charge in [-0.15, -0.1) is 6.58 Å². The van der Waals surface area contributed by atoms with Crippen molar-refractivity contribution in [2.45, 2.75) is 37.8 Å². The number of rotatable bonds is 9. The topological polar surface area (TPSA) is 48.5 Å². The van der Waals surface area contributed by atoms with E-state index in [0.29, 0.717) is 11.7 Å². The summed E-state index contributed by atoms with van der Waals surface area (Å²) >= 11 is 0. The van der Waals surface area contributed by atoms with Crippen LogP contribution < -0.4 is 16.0 Å². The number of nitrogens with one attached hydrogen (secondary N) is 3. The highest BCUT2D eigenvalue weighted by Crippen LogP contribution is 2.22. The molecule has 32 heavy (non-hydrogen) atoms. The highest BCUT2D eigenvalue weighted by molar-refractivity contribution is 5.72. The molecule has 0 aromatic heterocycles. The quantitative estimate of drug-likeness (QED) is 0.498. The highest BCUT2D eigenvalue weighted by Gasteiger charge is 2.23. The Kier molecular flexibility index (Phi) is 9.48. The molecule has 0 bridgehead atoms. The van der Waals surface area contributed by atoms with Crippen LogP contribution >= 0.6 is 0 Å². The molecule has 0 saturated heterocycles. The van der Waals surface area contributed by atoms with E-state index in [1.165, 1.54) is 16.7 Å². The van der Waals surface area contributed by atoms with Gasteiger partial charge in [0.25, 0.3) is 0 Å². The normalized spacial score (nSPS) is 20.5. The number of aliphatic imine (C=N–C) groups is 1. The summed E-state index contributed by atoms with van der Waals surface area (Å²) in [7, 11) is 0. The Bertz CT molecular complexity index is 916. The first-order chi connectivity index (χ1) is 15.7. The van der Waals surface area contributed by atoms with Crippen LogP contribution in [0.5, 0.6) is 0 Å². The van der Waals surface area contributed by atoms with E-state index in [0.717, 1.165) is 32.5 Å². The fourth-order valence-electron chi connectivity index (χ4n) is 4.13. The standard InChI is InChI=1S/C28H36N4/c1-4-24(5-2)26-15-11-12-23(20-26)16-19-31-28(25-13-7-6-8-14-25)27-21-29-17-9-10-18-30-22(3)32-27/h4,6-15,18,20,24,27-29,31-32H,1,3,5,16-17,19,21H2,2H3/b10-9-,30-18-/t24-,27+,28+/m0/s1. The third-order valence-corrected chi connectivity index (χ3v) is 5.87. The molecule has 0 aliphatic carbocycles. The number of nitrogens with zero attached hydrogens (tertiary/aromatic N) is 1. The second kappa shape index (κ2) is 12.8. The number of hydrogen-bond donors (Lipinski definition) is 3. The zero-order chi connectivity index (χ0) is 22.6. The molecule has 3 atom stereocenters. The molecule has 1 heterocycles. The first kappa shape index (κ1) is 23.7. The predicted octanol–water partition coefficient (Wildman–Crippen LogP) is 4.90. The largest absolute Gasteiger partial charge is 0.365 e. The second-order valence-electron chi connectivity index (χ2n) is 8.15. The van der Waals surface area contributed by atoms with Crippen molar-refractivity contribution in [2.75, 3.05) is 19.6 Å². The molecule has 1 aliphatic heterocycles. The van der Waals surface area contributed by atoms with Gasteiger partial charge in [0.05, 0.1) is 12.1 Å². The number of allylic oxidation sites excluding steroid dienone is 2. The van der Waals surface area contributed by atoms with Crippen LogP contribution in [0.1, 0.15) is 42.0 Å². The Morgan fingerprint density at radius 3 is 2.75 bits per heavy atom. The monoisotopic (exact) mass is 428 g/mol. The van der Waals surface area contributed by atoms with E-state index >= 15 is 0 Å². The lowest BCUT2D eigenvalue weighted by molar-refractivity contribution is 0.385. The summed E-state index contributed by atoms with van der Waals surface area (Å²) in [5.41, 5.74) is 3.95. The highest BCUT2D eigenvalue weighted by atomic mass is 15.1. The lowest BCUT2D eigenvalue weighted by atomic mass is 9.94. The Morgan fingerprint density at radius 2 is 1.97 bits per heavy atom. The van der Waals surface area contributed by atoms with Gasteiger partial charge >= 0.3 is 0 Å². The Balaban J connectivity index is 1.72. The van der Waals surface area contributed by atoms with Crippen LogP contribution in [0.2, 0.25) is 0 Å². The molecule has 0 fully saturated rings. The third kappa shape index (κ3) is 7.04. The number of benzene rings is 2. The van der Waals surface area contributed by atoms with E-state index in [1.54, 1.807) is 6.21 Å². The fourth-order valence-corrected chi connectivity index (χ4v) is 4.13. The maximum absolute atomic E-state index is 4.40. The van der Waals surface area contributed by atoms with Gasteiger partial charge < -0.3 is 16.0 Å². The van der Waals surface area contributed by atoms with E-state index in [9.17, 15) is 0 Å². The van der Waals surface area contributed by atoms with E-state index in [-0.39, 0.29) is 12.1 Å². The molecular formula is C28H36N4. The molecule has 0 saturated carbocycles. The van der Waals surface area contributed by atoms with Crippen molar-refractivity contribution in [2.24, 2.45) is 4.99 Å². The van der Waals surface area contributed by atoms with Gasteiger partial charge in [0.15, 0.2) is 0 Å². The summed E-state index contributed by atoms with van der Waals surface area (Å²) in [6.45, 7) is 12.8. The average molecular weight is 429 g/mol. The summed E-state index contributed by atoms with van der Waals surface area (Å²) in [4.78, 5) is 4.40. The van der Waals surface area contributed by atoms with Gasteiger partial charge in [-0.05, 0) is 42.2 Å². The molecule has 168 valence electrons. The van der Waals surface area contributed by atoms with Crippen molar-refractivity contribution in [3.05, 3.63) is 108 Å². The maximum Gasteiger partial charge on any atom is 0.118 e. The van der Waals surface area contributed by atoms with Gasteiger partial charge in [-0.1, -0.05) is 80.3 Å². The van der Waals surface area contributed by atoms with Crippen LogP contribution in [0.15, 0.2) is 96.8 Å². The van der Waals surface area contributed by atoms with Gasteiger partial charge in [0, 0.05) is 25.2 Å². The predicted molar refractivity (Wildman–Crippen MR) is 137 cm³/mol. The van der Waals surface area contributed by atoms with E-state index in [1.807, 2.05) is 12.2 Å². The molecule has 2 aromatic carbocycles. The van der Waals surface area contributed by atoms with E-state index in [4.69, 9.17) is 0 Å². The zero-order valence-electron chi connectivity index (χ0n) is 19.1. The lowest BCUT2D eigenvalue weighted by Gasteiger charge is -2.30. The molecule has 4 nitrogen and oxygen atoms in total. The summed E-state index contributed by atoms with van der Waals surface area (Å²) in [5.74, 6) is 1.09. The van der Waals surface area contributed by atoms with Crippen LogP contribution in [0.25, 0.3) is 0 Å². The van der Waals surface area contributed by atoms with Gasteiger partial charge in [-0.3, -0.25) is 0 Å². The van der Waals surface area contributed by atoms with Crippen LogP contribution in [-0.2, 0) is 6.42 Å². The lowest BCUT2D eigenvalue weighted by Crippen LogP contribution is -2.47. The SMILES string of the molecule is C=C[C@@H](CC)c1cccc(CCN[C@H](c2ccccc2)[C@H]2CNC/C=C\C=N/C(=C)N2)c1. The zero-order valence-corrected chi connectivity index (χ0v) is 19.1. The van der Waals surface area contributed by atoms with Crippen LogP contribution in [0.3, 0.4) is 0 Å². The molecule has 0 spiro atoms. The van der Waals surface area contributed by atoms with E-state index in [2.05, 4.69) is 102 Å². The van der Waals surface area contributed by atoms with Crippen LogP contribution in [0, 0.1) is 0 Å². The first-order valence-electron chi connectivity index (χ1n) is 11.6. The molecule has 3 rings (SSSR count). The van der Waals surface area contributed by atoms with Crippen molar-refractivity contribution in [1.29, 1.82) is 0 Å². The molecule has 1 aliphatic rings. The molecular weight excluding hydrogens is 392 g/mol. The Labute approximate surface area is 193 Å². The minimum Gasteiger partial charge on any atom is -0.365 e. The maximum atomic E-state index is 4.40. The fraction of sp³-hybridized carbons (Fsp3) is 0.321. The summed E-state index contributed by atoms with van der Waals surface area (Å²) < 4.78 is 0. The summed E-state index contributed by atoms with van der Waals surface area (Å²) in [6.07, 6.45) is 9.88. The second-order valence-corrected chi connectivity index (χ2v) is 8.15. The first-order valence-corrected chi connectivity index (χ1v) is 11.6. The summed E-state index contributed by atoms with van der Waals surface area (Å²) in [6, 6.07) is 19.7. The van der Waals surface area contributed by atoms with Crippen molar-refractivity contribution in [3.8, 4) is 0 Å². The van der Waals surface area contributed by atoms with Crippen molar-refractivity contribution < 1.29 is 0 Å². The van der Waals surface area contributed by atoms with Crippen molar-refractivity contribution in [1.82, 2.24) is 16.0 Å². The summed E-state index contributed by atoms with van der Waals surface area (Å²) in [5, 5.41) is 10.8. The van der Waals surface area contributed by atoms with Crippen LogP contribution in [0.4, 0.5) is 0 Å². The van der Waals surface area contributed by atoms with Crippen molar-refractivity contribution in [3.63, 3.8) is 0 Å². The van der Waals surface area contributed by atoms with E-state index < -0.39 is 0 Å². The van der Waals surface area contributed by atoms with Gasteiger partial charge in [-0.25, -0.2) is 4.99 Å². The van der Waals surface area contributed by atoms with Crippen LogP contribution in [-0.4, -0.2) is 31.9 Å². The molecule has 3 N–H and O–H groups in total. The molecule has 0 unspecified atom stereocenters. The Hall–Kier alpha value is -2.95. The van der Waals surface area contributed by atoms with Gasteiger partial charge in [0.2, 0.25) is 0 Å². The van der Waals surface area contributed by atoms with Gasteiger partial charge in [0.1, 0.15) is 5.82 Å². The third-order valence-electron chi connectivity index (χ3n) is 5.87. The molecule has 4 heteroatoms. The van der Waals surface area contributed by atoms with Gasteiger partial charge in [-0.2, -0.15) is 0 Å². The minimum atomic E-state index is 0.116. The molecule has 0 radical (unpaired) electrons. The smallest absolute Gasteiger partial charge is 0.118 e. The average Bonchev–Trinajstić information content (AvgIpc) is 2.82. The van der Waals surface area contributed by atoms with Crippen molar-refractivity contribution >= 4 is 6.21 Å². The molecule has 0 amide bonds.